The summed E-state index contributed by atoms with van der Waals surface area (Å²) in [6.45, 7) is 0. The van der Waals surface area contributed by atoms with E-state index >= 15 is 35.1 Å². The number of hydrogen-bond acceptors (Lipinski definition) is 3. The Kier molecular flexibility index (Phi) is 14.1. The van der Waals surface area contributed by atoms with Crippen LogP contribution in [0.2, 0.25) is 0 Å². The molecular weight excluding hydrogens is 963 g/mol. The van der Waals surface area contributed by atoms with Crippen LogP contribution in [-0.4, -0.2) is 36.0 Å². The Hall–Kier alpha value is -6.53. The highest BCUT2D eigenvalue weighted by atomic mass is 32.2. The molecule has 6 rings (SSSR count). The van der Waals surface area contributed by atoms with Crippen molar-refractivity contribution in [1.82, 2.24) is 0 Å². The summed E-state index contributed by atoms with van der Waals surface area (Å²) in [5.74, 6) is -71.9. The van der Waals surface area contributed by atoms with Crippen molar-refractivity contribution >= 4 is 49.5 Å². The molecule has 0 N–H and O–H groups in total. The van der Waals surface area contributed by atoms with Crippen LogP contribution in [0, 0.1) is 116 Å². The van der Waals surface area contributed by atoms with Crippen LogP contribution in [0.5, 0.6) is 0 Å². The summed E-state index contributed by atoms with van der Waals surface area (Å²) < 4.78 is 306. The molecule has 0 saturated heterocycles. The van der Waals surface area contributed by atoms with Crippen molar-refractivity contribution < 1.29 is 102 Å². The van der Waals surface area contributed by atoms with Crippen LogP contribution in [0.3, 0.4) is 0 Å². The zero-order valence-electron chi connectivity index (χ0n) is 32.2. The van der Waals surface area contributed by atoms with Gasteiger partial charge in [0, 0.05) is 16.7 Å². The van der Waals surface area contributed by atoms with Crippen LogP contribution in [0.4, 0.5) is 87.8 Å². The summed E-state index contributed by atoms with van der Waals surface area (Å²) in [4.78, 5) is 24.8. The summed E-state index contributed by atoms with van der Waals surface area (Å²) in [5.41, 5.74) is -13.1. The Balaban J connectivity index is 0.000000324. The van der Waals surface area contributed by atoms with E-state index in [1.807, 2.05) is 6.07 Å². The second-order valence-electron chi connectivity index (χ2n) is 14.0. The lowest BCUT2D eigenvalue weighted by molar-refractivity contribution is 0.0992. The van der Waals surface area contributed by atoms with Crippen LogP contribution in [0.1, 0.15) is 26.3 Å². The monoisotopic (exact) mass is 980 g/mol. The molecule has 0 aliphatic rings. The van der Waals surface area contributed by atoms with Gasteiger partial charge in [0.15, 0.2) is 81.3 Å². The van der Waals surface area contributed by atoms with Crippen molar-refractivity contribution in [3.8, 4) is 0 Å². The van der Waals surface area contributed by atoms with Gasteiger partial charge in [0.2, 0.25) is 5.78 Å². The maximum absolute atomic E-state index is 15.4. The number of ketones is 2. The zero-order chi connectivity index (χ0) is 49.8. The normalized spacial score (nSPS) is 11.7. The highest BCUT2D eigenvalue weighted by Crippen LogP contribution is 2.31. The van der Waals surface area contributed by atoms with Crippen molar-refractivity contribution in [1.29, 1.82) is 0 Å². The van der Waals surface area contributed by atoms with E-state index in [2.05, 4.69) is 0 Å². The Bertz CT molecular complexity index is 2670. The predicted molar refractivity (Wildman–Crippen MR) is 195 cm³/mol. The number of carbonyl (C=O) groups excluding carboxylic acids is 2. The molecule has 3 nitrogen and oxygen atoms in total. The maximum atomic E-state index is 15.4. The van der Waals surface area contributed by atoms with Gasteiger partial charge in [-0.1, -0.05) is 54.6 Å². The van der Waals surface area contributed by atoms with E-state index in [0.29, 0.717) is 16.7 Å². The highest BCUT2D eigenvalue weighted by molar-refractivity contribution is 8.02. The molecule has 0 aliphatic heterocycles. The minimum Gasteiger partial charge on any atom is -0.289 e. The van der Waals surface area contributed by atoms with Gasteiger partial charge in [0.05, 0.1) is 9.93 Å². The van der Waals surface area contributed by atoms with Crippen molar-refractivity contribution in [2.24, 2.45) is 0 Å². The minimum absolute atomic E-state index is 0.0495. The van der Waals surface area contributed by atoms with Gasteiger partial charge in [-0.05, 0) is 0 Å². The molecule has 0 heterocycles. The number of Topliss-reactive ketones (excluding diaryl/α,β-unsaturated/α-hetero) is 1. The van der Waals surface area contributed by atoms with Crippen LogP contribution >= 0.6 is 0 Å². The Morgan fingerprint density at radius 3 is 0.848 bits per heavy atom. The molecule has 0 fully saturated rings. The Labute approximate surface area is 356 Å². The Morgan fingerprint density at radius 2 is 0.591 bits per heavy atom. The van der Waals surface area contributed by atoms with Gasteiger partial charge in [0.25, 0.3) is 0 Å². The van der Waals surface area contributed by atoms with Gasteiger partial charge < -0.3 is 0 Å². The topological polar surface area (TPSA) is 51.2 Å². The molecule has 0 spiro atoms. The summed E-state index contributed by atoms with van der Waals surface area (Å²) in [5, 5.41) is 0. The lowest BCUT2D eigenvalue weighted by Crippen LogP contribution is -2.81. The van der Waals surface area contributed by atoms with E-state index in [4.69, 9.17) is 0 Å². The van der Waals surface area contributed by atoms with Crippen molar-refractivity contribution in [2.45, 2.75) is 0 Å². The second-order valence-corrected chi connectivity index (χ2v) is 17.2. The smallest absolute Gasteiger partial charge is 0.212 e. The quantitative estimate of drug-likeness (QED) is 0.0364. The fourth-order valence-electron chi connectivity index (χ4n) is 6.94. The average molecular weight is 980 g/mol. The van der Waals surface area contributed by atoms with E-state index in [1.165, 1.54) is 0 Å². The molecule has 0 aliphatic carbocycles. The number of halogens is 20. The van der Waals surface area contributed by atoms with Gasteiger partial charge >= 0.3 is 0 Å². The maximum Gasteiger partial charge on any atom is 0.212 e. The molecule has 0 saturated carbocycles. The van der Waals surface area contributed by atoms with Crippen LogP contribution in [-0.2, 0) is 14.1 Å². The first-order valence-corrected chi connectivity index (χ1v) is 20.0. The van der Waals surface area contributed by atoms with Gasteiger partial charge in [-0.3, -0.25) is 9.59 Å². The van der Waals surface area contributed by atoms with Gasteiger partial charge in [-0.2, -0.15) is 0 Å². The third kappa shape index (κ3) is 8.20. The standard InChI is InChI=1S/C24BF20.C17H17O3S/c26-5-1(6(27)14(35)21(42)13(5)34)25(2-7(28)15(36)22(43)16(37)8(2)29,3-9(30)17(38)23(44)18(39)10(3)31)4-11(32)19(40)24(45)20(41)12(4)33;1-21(2,20)12-16(18)14-10-6-7-11-15(14)17(19)13-8-4-3-5-9-13/h;3-11H,12H2,1-2H3/q-1;+1. The number of rotatable bonds is 9. The van der Waals surface area contributed by atoms with E-state index in [9.17, 15) is 66.5 Å². The summed E-state index contributed by atoms with van der Waals surface area (Å²) in [6.07, 6.45) is -4.12. The molecule has 6 aromatic rings. The first-order chi connectivity index (χ1) is 30.6. The van der Waals surface area contributed by atoms with E-state index < -0.39 is 154 Å². The molecule has 6 aromatic carbocycles. The van der Waals surface area contributed by atoms with Gasteiger partial charge in [0.1, 0.15) is 65.2 Å². The molecule has 0 radical (unpaired) electrons. The summed E-state index contributed by atoms with van der Waals surface area (Å²) >= 11 is 0. The molecular formula is C41H17BF20O3S. The zero-order valence-corrected chi connectivity index (χ0v) is 33.0. The van der Waals surface area contributed by atoms with Gasteiger partial charge in [-0.15, -0.1) is 26.1 Å². The van der Waals surface area contributed by atoms with Crippen LogP contribution < -0.4 is 21.9 Å². The lowest BCUT2D eigenvalue weighted by atomic mass is 9.12. The molecule has 348 valence electrons. The van der Waals surface area contributed by atoms with E-state index in [-0.39, 0.29) is 17.3 Å². The van der Waals surface area contributed by atoms with Gasteiger partial charge in [-0.25, -0.2) is 87.8 Å². The van der Waals surface area contributed by atoms with Crippen LogP contribution in [0.15, 0.2) is 54.6 Å². The predicted octanol–water partition coefficient (Wildman–Crippen LogP) is 8.71. The number of hydrogen-bond donors (Lipinski definition) is 0. The SMILES string of the molecule is C[S+](C)(=O)CC(=O)c1ccccc1C(=O)c1ccccc1.Fc1c(F)c(F)c([B-](c2c(F)c(F)c(F)c(F)c2F)(c2c(F)c(F)c(F)c(F)c2F)c2c(F)c(F)c(F)c(F)c2F)c(F)c1F. The van der Waals surface area contributed by atoms with E-state index in [0.717, 1.165) is 0 Å². The molecule has 0 atom stereocenters. The largest absolute Gasteiger partial charge is 0.289 e. The second kappa shape index (κ2) is 18.4. The fourth-order valence-corrected chi connectivity index (χ4v) is 7.72. The van der Waals surface area contributed by atoms with Crippen molar-refractivity contribution in [3.05, 3.63) is 188 Å². The average Bonchev–Trinajstić information content (AvgIpc) is 3.28. The molecule has 0 amide bonds. The lowest BCUT2D eigenvalue weighted by Gasteiger charge is -2.44. The fraction of sp³-hybridized carbons (Fsp3) is 0.0732. The van der Waals surface area contributed by atoms with E-state index in [1.54, 1.807) is 61.0 Å². The molecule has 66 heavy (non-hydrogen) atoms. The number of benzene rings is 6. The van der Waals surface area contributed by atoms with Crippen molar-refractivity contribution in [2.75, 3.05) is 18.3 Å². The number of carbonyl (C=O) groups is 2. The molecule has 0 unspecified atom stereocenters. The summed E-state index contributed by atoms with van der Waals surface area (Å²) in [7, 11) is -2.19. The third-order valence-corrected chi connectivity index (χ3v) is 10.7. The summed E-state index contributed by atoms with van der Waals surface area (Å²) in [6, 6.07) is 15.5. The molecule has 0 bridgehead atoms. The first-order valence-electron chi connectivity index (χ1n) is 17.5. The molecule has 25 heteroatoms. The highest BCUT2D eigenvalue weighted by Gasteiger charge is 2.52. The van der Waals surface area contributed by atoms with Crippen LogP contribution in [0.25, 0.3) is 0 Å². The van der Waals surface area contributed by atoms with Crippen molar-refractivity contribution in [3.63, 3.8) is 0 Å². The Morgan fingerprint density at radius 1 is 0.364 bits per heavy atom. The first kappa shape index (κ1) is 50.5. The third-order valence-electron chi connectivity index (χ3n) is 9.69. The minimum atomic E-state index is -7.22. The molecule has 0 aromatic heterocycles.